The Morgan fingerprint density at radius 1 is 0.957 bits per heavy atom. The molecule has 1 aromatic heterocycles. The maximum atomic E-state index is 14.1. The van der Waals surface area contributed by atoms with Gasteiger partial charge >= 0.3 is 4.87 Å². The number of benzene rings is 3. The smallest absolute Gasteiger partial charge is 0.305 e. The Kier molecular flexibility index (Phi) is 7.15. The molecule has 0 radical (unpaired) electrons. The summed E-state index contributed by atoms with van der Waals surface area (Å²) in [5, 5.41) is 4.18. The Morgan fingerprint density at radius 3 is 2.35 bits per heavy atom. The van der Waals surface area contributed by atoms with Gasteiger partial charge in [-0.25, -0.2) is 0 Å². The highest BCUT2D eigenvalue weighted by Crippen LogP contribution is 2.69. The number of carbonyl (C=O) groups is 3. The van der Waals surface area contributed by atoms with E-state index in [0.29, 0.717) is 22.1 Å². The van der Waals surface area contributed by atoms with Gasteiger partial charge in [-0.05, 0) is 80.5 Å². The highest BCUT2D eigenvalue weighted by Gasteiger charge is 2.69. The quantitative estimate of drug-likeness (QED) is 0.230. The molecule has 2 aliphatic heterocycles. The third kappa shape index (κ3) is 4.72. The van der Waals surface area contributed by atoms with Crippen molar-refractivity contribution in [3.8, 4) is 5.75 Å². The van der Waals surface area contributed by atoms with Crippen LogP contribution in [0.4, 0.5) is 11.4 Å². The van der Waals surface area contributed by atoms with Gasteiger partial charge in [0.15, 0.2) is 6.61 Å². The summed E-state index contributed by atoms with van der Waals surface area (Å²) >= 11 is 9.38. The Balaban J connectivity index is 1.14. The van der Waals surface area contributed by atoms with Crippen molar-refractivity contribution in [3.05, 3.63) is 103 Å². The fourth-order valence-electron chi connectivity index (χ4n) is 8.18. The minimum atomic E-state index is -0.427. The van der Waals surface area contributed by atoms with E-state index in [0.717, 1.165) is 44.4 Å². The predicted molar refractivity (Wildman–Crippen MR) is 179 cm³/mol. The number of imide groups is 1. The number of halogens is 1. The molecule has 4 aromatic rings. The van der Waals surface area contributed by atoms with Gasteiger partial charge in [0, 0.05) is 32.3 Å². The van der Waals surface area contributed by atoms with Crippen molar-refractivity contribution < 1.29 is 19.1 Å². The highest BCUT2D eigenvalue weighted by molar-refractivity contribution is 8.00. The summed E-state index contributed by atoms with van der Waals surface area (Å²) in [4.78, 5) is 58.7. The fourth-order valence-corrected chi connectivity index (χ4v) is 11.2. The third-order valence-corrected chi connectivity index (χ3v) is 12.8. The van der Waals surface area contributed by atoms with Crippen LogP contribution in [0, 0.1) is 43.4 Å². The lowest BCUT2D eigenvalue weighted by atomic mass is 9.68. The second kappa shape index (κ2) is 11.1. The van der Waals surface area contributed by atoms with E-state index < -0.39 is 5.92 Å². The van der Waals surface area contributed by atoms with Gasteiger partial charge in [0.25, 0.3) is 5.91 Å². The van der Waals surface area contributed by atoms with Crippen LogP contribution in [0.1, 0.15) is 33.9 Å². The number of aryl methyl sites for hydroxylation is 2. The first-order chi connectivity index (χ1) is 22.2. The van der Waals surface area contributed by atoms with Crippen molar-refractivity contribution in [2.75, 3.05) is 16.8 Å². The molecule has 2 bridgehead atoms. The molecule has 2 saturated carbocycles. The number of ether oxygens (including phenoxy) is 1. The molecule has 1 saturated heterocycles. The van der Waals surface area contributed by atoms with Crippen molar-refractivity contribution in [1.82, 2.24) is 4.98 Å². The number of thioether (sulfide) groups is 1. The second-order valence-corrected chi connectivity index (χ2v) is 15.3. The molecular weight excluding hydrogens is 642 g/mol. The summed E-state index contributed by atoms with van der Waals surface area (Å²) in [6.07, 6.45) is 0.766. The Hall–Kier alpha value is -3.86. The zero-order valence-corrected chi connectivity index (χ0v) is 27.4. The molecule has 2 N–H and O–H groups in total. The Morgan fingerprint density at radius 2 is 1.63 bits per heavy atom. The predicted octanol–water partition coefficient (Wildman–Crippen LogP) is 6.40. The van der Waals surface area contributed by atoms with E-state index in [-0.39, 0.29) is 64.0 Å². The van der Waals surface area contributed by atoms with Gasteiger partial charge < -0.3 is 15.0 Å². The molecule has 3 aromatic carbocycles. The van der Waals surface area contributed by atoms with Crippen LogP contribution in [-0.2, 0) is 14.4 Å². The fraction of sp³-hybridized carbons (Fsp3) is 0.314. The first-order valence-electron chi connectivity index (χ1n) is 15.3. The molecule has 6 unspecified atom stereocenters. The number of carbonyl (C=O) groups excluding carboxylic acids is 3. The van der Waals surface area contributed by atoms with Gasteiger partial charge in [-0.3, -0.25) is 24.1 Å². The number of aromatic amines is 1. The molecule has 2 aliphatic carbocycles. The molecule has 3 heterocycles. The summed E-state index contributed by atoms with van der Waals surface area (Å²) in [6.45, 7) is 3.74. The van der Waals surface area contributed by atoms with E-state index in [1.165, 1.54) is 4.90 Å². The number of rotatable bonds is 6. The van der Waals surface area contributed by atoms with E-state index >= 15 is 0 Å². The molecule has 3 amide bonds. The minimum Gasteiger partial charge on any atom is -0.483 e. The van der Waals surface area contributed by atoms with Crippen molar-refractivity contribution in [1.29, 1.82) is 0 Å². The van der Waals surface area contributed by atoms with E-state index in [2.05, 4.69) is 10.3 Å². The average Bonchev–Trinajstić information content (AvgIpc) is 3.77. The van der Waals surface area contributed by atoms with Crippen molar-refractivity contribution in [3.63, 3.8) is 0 Å². The summed E-state index contributed by atoms with van der Waals surface area (Å²) < 4.78 is 6.17. The van der Waals surface area contributed by atoms with E-state index in [1.807, 2.05) is 68.4 Å². The number of fused-ring (bicyclic) bond motifs is 9. The van der Waals surface area contributed by atoms with Gasteiger partial charge in [-0.2, -0.15) is 0 Å². The van der Waals surface area contributed by atoms with Crippen LogP contribution in [0.5, 0.6) is 5.75 Å². The van der Waals surface area contributed by atoms with Gasteiger partial charge in [-0.1, -0.05) is 58.3 Å². The zero-order chi connectivity index (χ0) is 31.9. The van der Waals surface area contributed by atoms with E-state index in [1.54, 1.807) is 23.9 Å². The number of anilines is 2. The molecule has 4 aliphatic rings. The summed E-state index contributed by atoms with van der Waals surface area (Å²) in [7, 11) is 0. The number of thiazole rings is 1. The highest BCUT2D eigenvalue weighted by atomic mass is 35.5. The van der Waals surface area contributed by atoms with Crippen LogP contribution in [0.2, 0.25) is 5.02 Å². The van der Waals surface area contributed by atoms with Crippen molar-refractivity contribution >= 4 is 63.8 Å². The molecule has 11 heteroatoms. The Bertz CT molecular complexity index is 1960. The van der Waals surface area contributed by atoms with Gasteiger partial charge in [0.2, 0.25) is 11.8 Å². The van der Waals surface area contributed by atoms with Gasteiger partial charge in [0.05, 0.1) is 22.5 Å². The lowest BCUT2D eigenvalue weighted by molar-refractivity contribution is -0.123. The topological polar surface area (TPSA) is 109 Å². The van der Waals surface area contributed by atoms with Crippen molar-refractivity contribution in [2.24, 2.45) is 29.6 Å². The second-order valence-electron chi connectivity index (χ2n) is 12.7. The maximum absolute atomic E-state index is 14.1. The number of hydrogen-bond donors (Lipinski definition) is 2. The number of nitrogens with zero attached hydrogens (tertiary/aromatic N) is 1. The standard InChI is InChI=1S/C35H30ClN3O5S2/c1-16-3-8-19(9-4-16)37-25(40)15-44-24-12-7-18(36)13-21(24)26-27-22-14-23(30(27)45-32-31(26)46-35(43)38-32)29-28(22)33(41)39(34(29)42)20-10-5-17(2)6-11-20/h3-13,22-23,26-30H,14-15H2,1-2H3,(H,37,40)(H,38,43)/t22?,23?,26-,27?,28?,29?,30?/m1/s1. The third-order valence-electron chi connectivity index (χ3n) is 10.0. The largest absolute Gasteiger partial charge is 0.483 e. The van der Waals surface area contributed by atoms with Crippen LogP contribution < -0.4 is 19.8 Å². The normalized spacial score (nSPS) is 27.4. The number of aromatic nitrogens is 1. The Labute approximate surface area is 278 Å². The molecule has 8 nitrogen and oxygen atoms in total. The number of hydrogen-bond acceptors (Lipinski definition) is 7. The van der Waals surface area contributed by atoms with E-state index in [9.17, 15) is 19.2 Å². The lowest BCUT2D eigenvalue weighted by Gasteiger charge is -2.43. The zero-order valence-electron chi connectivity index (χ0n) is 25.0. The SMILES string of the molecule is Cc1ccc(NC(=O)COc2ccc(Cl)cc2[C@H]2c3sc(=O)[nH]c3SC3C4CC(C5C(=O)N(c6ccc(C)cc6)C(=O)C45)C32)cc1. The van der Waals surface area contributed by atoms with Crippen LogP contribution in [0.3, 0.4) is 0 Å². The summed E-state index contributed by atoms with van der Waals surface area (Å²) in [6, 6.07) is 20.4. The van der Waals surface area contributed by atoms with Gasteiger partial charge in [-0.15, -0.1) is 11.8 Å². The molecular formula is C35H30ClN3O5S2. The van der Waals surface area contributed by atoms with Crippen LogP contribution in [0.15, 0.2) is 76.6 Å². The first kappa shape index (κ1) is 29.5. The molecule has 3 fully saturated rings. The van der Waals surface area contributed by atoms with Gasteiger partial charge in [0.1, 0.15) is 5.75 Å². The van der Waals surface area contributed by atoms with E-state index in [4.69, 9.17) is 16.3 Å². The summed E-state index contributed by atoms with van der Waals surface area (Å²) in [5.74, 6) is -1.30. The van der Waals surface area contributed by atoms with Crippen molar-refractivity contribution in [2.45, 2.75) is 36.5 Å². The van der Waals surface area contributed by atoms with Crippen LogP contribution >= 0.6 is 34.7 Å². The monoisotopic (exact) mass is 671 g/mol. The lowest BCUT2D eigenvalue weighted by Crippen LogP contribution is -2.42. The van der Waals surface area contributed by atoms with Crippen LogP contribution in [0.25, 0.3) is 0 Å². The molecule has 46 heavy (non-hydrogen) atoms. The molecule has 0 spiro atoms. The first-order valence-corrected chi connectivity index (χ1v) is 17.4. The number of amides is 3. The number of H-pyrrole nitrogens is 1. The maximum Gasteiger partial charge on any atom is 0.305 e. The van der Waals surface area contributed by atoms with Crippen LogP contribution in [-0.4, -0.2) is 34.6 Å². The minimum absolute atomic E-state index is 0.0141. The molecule has 7 atom stereocenters. The number of nitrogens with one attached hydrogen (secondary N) is 2. The average molecular weight is 672 g/mol. The molecule has 234 valence electrons. The summed E-state index contributed by atoms with van der Waals surface area (Å²) in [5.41, 5.74) is 4.21. The molecule has 8 rings (SSSR count).